The fraction of sp³-hybridized carbons (Fsp3) is 0.765. The molecule has 8 nitrogen and oxygen atoms in total. The third-order valence-electron chi connectivity index (χ3n) is 13.1. The number of rotatable bonds is 2. The average Bonchev–Trinajstić information content (AvgIpc) is 3.58. The topological polar surface area (TPSA) is 105 Å². The molecule has 0 aromatic rings. The van der Waals surface area contributed by atoms with Gasteiger partial charge in [0.1, 0.15) is 23.4 Å². The first-order chi connectivity index (χ1) is 19.7. The van der Waals surface area contributed by atoms with Gasteiger partial charge in [-0.15, -0.1) is 0 Å². The van der Waals surface area contributed by atoms with Gasteiger partial charge in [-0.05, 0) is 76.7 Å². The largest absolute Gasteiger partial charge is 0.461 e. The Hall–Kier alpha value is -2.64. The highest BCUT2D eigenvalue weighted by Gasteiger charge is 2.80. The Bertz CT molecular complexity index is 1360. The molecule has 0 spiro atoms. The molecule has 2 bridgehead atoms. The van der Waals surface area contributed by atoms with Crippen molar-refractivity contribution in [3.8, 4) is 0 Å². The molecule has 42 heavy (non-hydrogen) atoms. The predicted molar refractivity (Wildman–Crippen MR) is 150 cm³/mol. The second kappa shape index (κ2) is 8.72. The van der Waals surface area contributed by atoms with Gasteiger partial charge in [-0.2, -0.15) is 0 Å². The van der Waals surface area contributed by atoms with Crippen molar-refractivity contribution in [2.75, 3.05) is 0 Å². The van der Waals surface area contributed by atoms with E-state index in [9.17, 15) is 19.2 Å². The number of hydrogen-bond donors (Lipinski definition) is 0. The first kappa shape index (κ1) is 28.1. The minimum Gasteiger partial charge on any atom is -0.461 e. The van der Waals surface area contributed by atoms with Crippen molar-refractivity contribution >= 4 is 23.9 Å². The fourth-order valence-corrected chi connectivity index (χ4v) is 11.9. The van der Waals surface area contributed by atoms with Gasteiger partial charge in [-0.25, -0.2) is 0 Å². The maximum Gasteiger partial charge on any atom is 0.309 e. The standard InChI is InChI=1S/C34H44O8/c1-14-13-22-24-25(34(14)28(22)33(8,42-19(6)36)12-10-21-16(3)31(38)40-29(21)34)17(4)23-26(24)32(7,41-18(5)35)11-9-20-15(2)30(37)39-27(20)23/h13,15-16,20-22,24-29H,9-12H2,1-8H3/t15-,16-,20-,21-,22-,24-,25-,26-,27-,28-,29-,32+,33+,34+/m0/s1. The van der Waals surface area contributed by atoms with Crippen LogP contribution in [0.3, 0.4) is 0 Å². The van der Waals surface area contributed by atoms with Gasteiger partial charge in [0.25, 0.3) is 0 Å². The van der Waals surface area contributed by atoms with E-state index >= 15 is 0 Å². The van der Waals surface area contributed by atoms with Gasteiger partial charge < -0.3 is 18.9 Å². The van der Waals surface area contributed by atoms with Crippen molar-refractivity contribution in [3.63, 3.8) is 0 Å². The molecule has 8 heteroatoms. The minimum absolute atomic E-state index is 0.00151. The highest BCUT2D eigenvalue weighted by atomic mass is 16.6. The first-order valence-corrected chi connectivity index (χ1v) is 15.9. The Morgan fingerprint density at radius 3 is 2.10 bits per heavy atom. The zero-order valence-corrected chi connectivity index (χ0v) is 26.0. The Morgan fingerprint density at radius 1 is 0.857 bits per heavy atom. The summed E-state index contributed by atoms with van der Waals surface area (Å²) in [5.74, 6) is -1.69. The van der Waals surface area contributed by atoms with Crippen LogP contribution in [0.1, 0.15) is 81.1 Å². The van der Waals surface area contributed by atoms with Crippen LogP contribution in [-0.4, -0.2) is 47.3 Å². The average molecular weight is 581 g/mol. The lowest BCUT2D eigenvalue weighted by Crippen LogP contribution is -2.52. The molecule has 0 aromatic heterocycles. The van der Waals surface area contributed by atoms with Crippen LogP contribution in [0, 0.1) is 58.7 Å². The third kappa shape index (κ3) is 3.25. The second-order valence-electron chi connectivity index (χ2n) is 15.0. The van der Waals surface area contributed by atoms with E-state index in [0.29, 0.717) is 12.8 Å². The summed E-state index contributed by atoms with van der Waals surface area (Å²) in [5.41, 5.74) is 1.33. The molecular weight excluding hydrogens is 536 g/mol. The predicted octanol–water partition coefficient (Wildman–Crippen LogP) is 4.94. The van der Waals surface area contributed by atoms with Crippen LogP contribution in [0.2, 0.25) is 0 Å². The highest BCUT2D eigenvalue weighted by Crippen LogP contribution is 2.79. The van der Waals surface area contributed by atoms with Crippen LogP contribution in [-0.2, 0) is 38.1 Å². The Labute approximate surface area is 247 Å². The number of esters is 4. The maximum atomic E-state index is 13.2. The normalized spacial score (nSPS) is 51.7. The molecule has 7 rings (SSSR count). The Balaban J connectivity index is 1.48. The summed E-state index contributed by atoms with van der Waals surface area (Å²) in [6.07, 6.45) is 4.39. The summed E-state index contributed by atoms with van der Waals surface area (Å²) in [7, 11) is 0. The molecule has 228 valence electrons. The van der Waals surface area contributed by atoms with Crippen molar-refractivity contribution < 1.29 is 38.1 Å². The minimum atomic E-state index is -0.794. The van der Waals surface area contributed by atoms with Crippen molar-refractivity contribution in [1.29, 1.82) is 0 Å². The smallest absolute Gasteiger partial charge is 0.309 e. The van der Waals surface area contributed by atoms with Gasteiger partial charge in [0.15, 0.2) is 0 Å². The molecule has 5 fully saturated rings. The lowest BCUT2D eigenvalue weighted by molar-refractivity contribution is -0.173. The maximum absolute atomic E-state index is 13.2. The third-order valence-corrected chi connectivity index (χ3v) is 13.1. The lowest BCUT2D eigenvalue weighted by atomic mass is 9.58. The van der Waals surface area contributed by atoms with Gasteiger partial charge in [0, 0.05) is 42.9 Å². The molecular formula is C34H44O8. The van der Waals surface area contributed by atoms with Crippen molar-refractivity contribution in [3.05, 3.63) is 22.8 Å². The van der Waals surface area contributed by atoms with E-state index in [2.05, 4.69) is 33.8 Å². The van der Waals surface area contributed by atoms with Gasteiger partial charge >= 0.3 is 23.9 Å². The van der Waals surface area contributed by atoms with Crippen molar-refractivity contribution in [1.82, 2.24) is 0 Å². The zero-order chi connectivity index (χ0) is 30.3. The summed E-state index contributed by atoms with van der Waals surface area (Å²) in [6.45, 7) is 15.3. The Morgan fingerprint density at radius 2 is 1.43 bits per heavy atom. The van der Waals surface area contributed by atoms with Gasteiger partial charge in [0.2, 0.25) is 0 Å². The number of allylic oxidation sites excluding steroid dienone is 2. The monoisotopic (exact) mass is 580 g/mol. The molecule has 3 saturated carbocycles. The highest BCUT2D eigenvalue weighted by molar-refractivity contribution is 5.77. The molecule has 2 heterocycles. The molecule has 2 aliphatic heterocycles. The number of hydrogen-bond acceptors (Lipinski definition) is 8. The van der Waals surface area contributed by atoms with Gasteiger partial charge in [0.05, 0.1) is 11.8 Å². The van der Waals surface area contributed by atoms with Crippen LogP contribution in [0.5, 0.6) is 0 Å². The molecule has 0 aromatic carbocycles. The first-order valence-electron chi connectivity index (χ1n) is 15.9. The molecule has 14 atom stereocenters. The SMILES string of the molecule is CC(=O)O[C@]1(C)CC[C@H]2[C@H](C)C(=O)O[C@@H]2[C@]23C(C)=C[C@@H]([C@H]4[C@@H]2C(C)=C2[C@H]5OC(=O)[C@@H](C)[C@@H]5CC[C@@](C)(OC(C)=O)[C@@H]24)[C@H]31. The number of ether oxygens (including phenoxy) is 4. The fourth-order valence-electron chi connectivity index (χ4n) is 11.9. The van der Waals surface area contributed by atoms with Crippen molar-refractivity contribution in [2.45, 2.75) is 104 Å². The molecule has 0 unspecified atom stereocenters. The molecule has 0 radical (unpaired) electrons. The van der Waals surface area contributed by atoms with Crippen LogP contribution in [0.25, 0.3) is 0 Å². The molecule has 0 N–H and O–H groups in total. The van der Waals surface area contributed by atoms with E-state index in [1.165, 1.54) is 25.0 Å². The molecule has 5 aliphatic carbocycles. The lowest BCUT2D eigenvalue weighted by Gasteiger charge is -2.48. The van der Waals surface area contributed by atoms with E-state index in [4.69, 9.17) is 18.9 Å². The van der Waals surface area contributed by atoms with E-state index in [0.717, 1.165) is 18.4 Å². The number of carbonyl (C=O) groups excluding carboxylic acids is 4. The molecule has 2 saturated heterocycles. The zero-order valence-electron chi connectivity index (χ0n) is 26.0. The number of fused-ring (bicyclic) bond motifs is 7. The summed E-state index contributed by atoms with van der Waals surface area (Å²) in [4.78, 5) is 51.5. The van der Waals surface area contributed by atoms with Crippen LogP contribution in [0.15, 0.2) is 22.8 Å². The van der Waals surface area contributed by atoms with Crippen LogP contribution >= 0.6 is 0 Å². The summed E-state index contributed by atoms with van der Waals surface area (Å²) >= 11 is 0. The van der Waals surface area contributed by atoms with E-state index in [-0.39, 0.29) is 89.3 Å². The van der Waals surface area contributed by atoms with Crippen molar-refractivity contribution in [2.24, 2.45) is 58.7 Å². The van der Waals surface area contributed by atoms with Crippen LogP contribution in [0.4, 0.5) is 0 Å². The summed E-state index contributed by atoms with van der Waals surface area (Å²) < 4.78 is 25.2. The van der Waals surface area contributed by atoms with Crippen LogP contribution < -0.4 is 0 Å². The molecule has 7 aliphatic rings. The summed E-state index contributed by atoms with van der Waals surface area (Å²) in [5, 5.41) is 0. The van der Waals surface area contributed by atoms with Gasteiger partial charge in [-0.3, -0.25) is 19.2 Å². The summed E-state index contributed by atoms with van der Waals surface area (Å²) in [6, 6.07) is 0. The number of carbonyl (C=O) groups is 4. The van der Waals surface area contributed by atoms with E-state index < -0.39 is 16.6 Å². The molecule has 0 amide bonds. The Kier molecular flexibility index (Phi) is 5.84. The second-order valence-corrected chi connectivity index (χ2v) is 15.0. The quantitative estimate of drug-likeness (QED) is 0.257. The van der Waals surface area contributed by atoms with E-state index in [1.807, 2.05) is 13.8 Å². The van der Waals surface area contributed by atoms with E-state index in [1.54, 1.807) is 0 Å². The van der Waals surface area contributed by atoms with Gasteiger partial charge in [-0.1, -0.05) is 31.1 Å².